The third-order valence-electron chi connectivity index (χ3n) is 1.98. The molecule has 1 aromatic carbocycles. The summed E-state index contributed by atoms with van der Waals surface area (Å²) in [4.78, 5) is 0. The molecule has 0 amide bonds. The van der Waals surface area contributed by atoms with Crippen LogP contribution in [0.25, 0.3) is 0 Å². The Morgan fingerprint density at radius 2 is 1.53 bits per heavy atom. The minimum atomic E-state index is -3.42. The molecule has 0 aliphatic heterocycles. The highest BCUT2D eigenvalue weighted by Crippen LogP contribution is 2.19. The lowest BCUT2D eigenvalue weighted by molar-refractivity contribution is 0.500. The number of benzene rings is 1. The summed E-state index contributed by atoms with van der Waals surface area (Å²) in [6, 6.07) is 7.00. The van der Waals surface area contributed by atoms with Crippen LogP contribution < -0.4 is 4.18 Å². The van der Waals surface area contributed by atoms with Crippen molar-refractivity contribution < 1.29 is 12.6 Å². The van der Waals surface area contributed by atoms with Crippen molar-refractivity contribution in [1.29, 1.82) is 0 Å². The van der Waals surface area contributed by atoms with Gasteiger partial charge in [-0.15, -0.1) is 0 Å². The molecule has 0 fully saturated rings. The molecule has 0 bridgehead atoms. The van der Waals surface area contributed by atoms with E-state index in [2.05, 4.69) is 0 Å². The third-order valence-corrected chi connectivity index (χ3v) is 8.64. The van der Waals surface area contributed by atoms with Crippen LogP contribution in [0.5, 0.6) is 5.75 Å². The first-order valence-corrected chi connectivity index (χ1v) is 10.4. The molecule has 0 aliphatic rings. The van der Waals surface area contributed by atoms with Gasteiger partial charge in [0.1, 0.15) is 5.75 Å². The van der Waals surface area contributed by atoms with E-state index in [0.29, 0.717) is 5.75 Å². The fourth-order valence-electron chi connectivity index (χ4n) is 0.846. The Hall–Kier alpha value is -0.813. The molecular weight excluding hydrogens is 228 g/mol. The number of hydrogen-bond donors (Lipinski definition) is 0. The zero-order valence-electron chi connectivity index (χ0n) is 9.44. The van der Waals surface area contributed by atoms with Gasteiger partial charge < -0.3 is 4.18 Å². The van der Waals surface area contributed by atoms with Crippen LogP contribution in [0.15, 0.2) is 24.3 Å². The Morgan fingerprint density at radius 1 is 1.07 bits per heavy atom. The van der Waals surface area contributed by atoms with E-state index >= 15 is 0 Å². The van der Waals surface area contributed by atoms with Gasteiger partial charge in [0.05, 0.1) is 0 Å². The van der Waals surface area contributed by atoms with Crippen LogP contribution in [0.1, 0.15) is 5.56 Å². The smallest absolute Gasteiger partial charge is 0.268 e. The average Bonchev–Trinajstić information content (AvgIpc) is 2.06. The molecule has 0 saturated heterocycles. The van der Waals surface area contributed by atoms with Crippen molar-refractivity contribution >= 4 is 16.8 Å². The SMILES string of the molecule is Cc1ccc(OS(=O)(=O)[Si](C)(C)C)cc1. The third kappa shape index (κ3) is 3.07. The predicted octanol–water partition coefficient (Wildman–Crippen LogP) is 2.54. The van der Waals surface area contributed by atoms with Gasteiger partial charge in [0.25, 0.3) is 9.57 Å². The van der Waals surface area contributed by atoms with Crippen LogP contribution in [0, 0.1) is 6.92 Å². The minimum absolute atomic E-state index is 0.392. The highest BCUT2D eigenvalue weighted by atomic mass is 32.4. The maximum absolute atomic E-state index is 11.7. The van der Waals surface area contributed by atoms with Crippen LogP contribution in [0.4, 0.5) is 0 Å². The lowest BCUT2D eigenvalue weighted by atomic mass is 10.2. The zero-order valence-corrected chi connectivity index (χ0v) is 11.3. The normalized spacial score (nSPS) is 12.5. The van der Waals surface area contributed by atoms with Gasteiger partial charge in [-0.25, -0.2) is 0 Å². The van der Waals surface area contributed by atoms with E-state index in [1.54, 1.807) is 31.8 Å². The van der Waals surface area contributed by atoms with Crippen LogP contribution in [0.3, 0.4) is 0 Å². The summed E-state index contributed by atoms with van der Waals surface area (Å²) in [5.74, 6) is 0.392. The molecule has 1 rings (SSSR count). The Kier molecular flexibility index (Phi) is 3.25. The summed E-state index contributed by atoms with van der Waals surface area (Å²) in [5, 5.41) is 0. The van der Waals surface area contributed by atoms with E-state index in [9.17, 15) is 8.42 Å². The molecular formula is C10H16O3SSi. The second-order valence-corrected chi connectivity index (χ2v) is 14.9. The Labute approximate surface area is 91.9 Å². The maximum Gasteiger partial charge on any atom is 0.268 e. The molecule has 0 heterocycles. The van der Waals surface area contributed by atoms with Crippen LogP contribution in [-0.4, -0.2) is 15.6 Å². The summed E-state index contributed by atoms with van der Waals surface area (Å²) >= 11 is 0. The molecule has 0 radical (unpaired) electrons. The van der Waals surface area contributed by atoms with Crippen molar-refractivity contribution in [3.8, 4) is 5.75 Å². The highest BCUT2D eigenvalue weighted by Gasteiger charge is 2.34. The van der Waals surface area contributed by atoms with Gasteiger partial charge in [-0.3, -0.25) is 0 Å². The summed E-state index contributed by atoms with van der Waals surface area (Å²) < 4.78 is 28.5. The van der Waals surface area contributed by atoms with Crippen molar-refractivity contribution in [2.75, 3.05) is 0 Å². The topological polar surface area (TPSA) is 43.4 Å². The highest BCUT2D eigenvalue weighted by molar-refractivity contribution is 8.18. The van der Waals surface area contributed by atoms with Gasteiger partial charge in [0.15, 0.2) is 0 Å². The first kappa shape index (κ1) is 12.3. The first-order chi connectivity index (χ1) is 6.72. The molecule has 0 aliphatic carbocycles. The standard InChI is InChI=1S/C10H16O3SSi/c1-9-5-7-10(8-6-9)13-14(11,12)15(2,3)4/h5-8H,1-4H3. The molecule has 1 aromatic rings. The second-order valence-electron chi connectivity index (χ2n) is 4.46. The lowest BCUT2D eigenvalue weighted by Gasteiger charge is -2.16. The fraction of sp³-hybridized carbons (Fsp3) is 0.400. The minimum Gasteiger partial charge on any atom is -0.388 e. The van der Waals surface area contributed by atoms with Gasteiger partial charge in [-0.05, 0) is 19.1 Å². The summed E-state index contributed by atoms with van der Waals surface area (Å²) in [6.45, 7) is 7.18. The number of rotatable bonds is 3. The van der Waals surface area contributed by atoms with Crippen molar-refractivity contribution in [1.82, 2.24) is 0 Å². The largest absolute Gasteiger partial charge is 0.388 e. The van der Waals surface area contributed by atoms with Crippen molar-refractivity contribution in [3.63, 3.8) is 0 Å². The second kappa shape index (κ2) is 3.98. The maximum atomic E-state index is 11.7. The van der Waals surface area contributed by atoms with Crippen LogP contribution in [0.2, 0.25) is 19.6 Å². The summed E-state index contributed by atoms with van der Waals surface area (Å²) in [6.07, 6.45) is 0. The van der Waals surface area contributed by atoms with E-state index < -0.39 is 16.8 Å². The summed E-state index contributed by atoms with van der Waals surface area (Å²) in [5.41, 5.74) is 1.08. The van der Waals surface area contributed by atoms with E-state index in [-0.39, 0.29) is 0 Å². The van der Waals surface area contributed by atoms with Gasteiger partial charge in [-0.1, -0.05) is 37.3 Å². The lowest BCUT2D eigenvalue weighted by Crippen LogP contribution is -2.37. The Morgan fingerprint density at radius 3 is 1.93 bits per heavy atom. The van der Waals surface area contributed by atoms with E-state index in [1.807, 2.05) is 19.1 Å². The van der Waals surface area contributed by atoms with Gasteiger partial charge in [0, 0.05) is 0 Å². The van der Waals surface area contributed by atoms with Gasteiger partial charge in [0.2, 0.25) is 7.22 Å². The van der Waals surface area contributed by atoms with Crippen molar-refractivity contribution in [2.24, 2.45) is 0 Å². The molecule has 0 aromatic heterocycles. The van der Waals surface area contributed by atoms with Gasteiger partial charge >= 0.3 is 0 Å². The fourth-order valence-corrected chi connectivity index (χ4v) is 2.50. The molecule has 0 saturated carbocycles. The molecule has 0 N–H and O–H groups in total. The Bertz CT molecular complexity index is 429. The molecule has 0 atom stereocenters. The quantitative estimate of drug-likeness (QED) is 0.767. The van der Waals surface area contributed by atoms with E-state index in [1.165, 1.54) is 0 Å². The van der Waals surface area contributed by atoms with Gasteiger partial charge in [-0.2, -0.15) is 8.42 Å². The van der Waals surface area contributed by atoms with Crippen molar-refractivity contribution in [3.05, 3.63) is 29.8 Å². The molecule has 0 spiro atoms. The molecule has 0 unspecified atom stereocenters. The number of hydrogen-bond acceptors (Lipinski definition) is 3. The van der Waals surface area contributed by atoms with Crippen LogP contribution in [-0.2, 0) is 9.57 Å². The Balaban J connectivity index is 2.93. The van der Waals surface area contributed by atoms with Crippen LogP contribution >= 0.6 is 0 Å². The van der Waals surface area contributed by atoms with Crippen molar-refractivity contribution in [2.45, 2.75) is 26.6 Å². The molecule has 3 nitrogen and oxygen atoms in total. The zero-order chi connectivity index (χ0) is 11.7. The molecule has 84 valence electrons. The molecule has 5 heteroatoms. The van der Waals surface area contributed by atoms with E-state index in [4.69, 9.17) is 4.18 Å². The monoisotopic (exact) mass is 244 g/mol. The van der Waals surface area contributed by atoms with E-state index in [0.717, 1.165) is 5.56 Å². The average molecular weight is 244 g/mol. The first-order valence-electron chi connectivity index (χ1n) is 4.73. The summed E-state index contributed by atoms with van der Waals surface area (Å²) in [7, 11) is -5.76. The molecule has 15 heavy (non-hydrogen) atoms. The predicted molar refractivity (Wildman–Crippen MR) is 64.1 cm³/mol. The number of aryl methyl sites for hydroxylation is 1.